The van der Waals surface area contributed by atoms with Crippen LogP contribution in [-0.4, -0.2) is 5.78 Å². The third kappa shape index (κ3) is 4.93. The molecule has 0 unspecified atom stereocenters. The molecule has 0 heterocycles. The SMILES string of the molecule is CC(C)CCCC1CCC(C2CCC(=O)CC2)CC1. The molecule has 0 spiro atoms. The molecule has 2 rings (SSSR count). The summed E-state index contributed by atoms with van der Waals surface area (Å²) in [6, 6.07) is 0. The summed E-state index contributed by atoms with van der Waals surface area (Å²) in [4.78, 5) is 11.3. The zero-order chi connectivity index (χ0) is 13.7. The predicted molar refractivity (Wildman–Crippen MR) is 81.1 cm³/mol. The Morgan fingerprint density at radius 1 is 0.947 bits per heavy atom. The second-order valence-electron chi connectivity index (χ2n) is 7.48. The lowest BCUT2D eigenvalue weighted by Gasteiger charge is -2.35. The van der Waals surface area contributed by atoms with E-state index in [4.69, 9.17) is 0 Å². The van der Waals surface area contributed by atoms with E-state index in [1.54, 1.807) is 0 Å². The smallest absolute Gasteiger partial charge is 0.132 e. The van der Waals surface area contributed by atoms with Crippen molar-refractivity contribution in [1.29, 1.82) is 0 Å². The first-order valence-corrected chi connectivity index (χ1v) is 8.67. The van der Waals surface area contributed by atoms with Crippen LogP contribution in [0.4, 0.5) is 0 Å². The van der Waals surface area contributed by atoms with E-state index in [1.807, 2.05) is 0 Å². The van der Waals surface area contributed by atoms with Gasteiger partial charge in [0.15, 0.2) is 0 Å². The number of carbonyl (C=O) groups is 1. The number of Topliss-reactive ketones (excluding diaryl/α,β-unsaturated/α-hetero) is 1. The molecular weight excluding hydrogens is 232 g/mol. The Balaban J connectivity index is 1.63. The first-order chi connectivity index (χ1) is 9.15. The van der Waals surface area contributed by atoms with Gasteiger partial charge in [-0.3, -0.25) is 4.79 Å². The summed E-state index contributed by atoms with van der Waals surface area (Å²) in [7, 11) is 0. The maximum Gasteiger partial charge on any atom is 0.132 e. The maximum atomic E-state index is 11.3. The summed E-state index contributed by atoms with van der Waals surface area (Å²) < 4.78 is 0. The van der Waals surface area contributed by atoms with Gasteiger partial charge in [-0.1, -0.05) is 46.0 Å². The normalized spacial score (nSPS) is 29.9. The van der Waals surface area contributed by atoms with E-state index >= 15 is 0 Å². The van der Waals surface area contributed by atoms with Gasteiger partial charge in [-0.05, 0) is 49.4 Å². The van der Waals surface area contributed by atoms with Gasteiger partial charge in [0.25, 0.3) is 0 Å². The zero-order valence-corrected chi connectivity index (χ0v) is 13.0. The molecule has 110 valence electrons. The van der Waals surface area contributed by atoms with Crippen LogP contribution in [0.25, 0.3) is 0 Å². The number of ketones is 1. The van der Waals surface area contributed by atoms with Crippen LogP contribution < -0.4 is 0 Å². The van der Waals surface area contributed by atoms with Gasteiger partial charge >= 0.3 is 0 Å². The molecule has 1 nitrogen and oxygen atoms in total. The molecule has 2 fully saturated rings. The fourth-order valence-corrected chi connectivity index (χ4v) is 4.20. The van der Waals surface area contributed by atoms with E-state index < -0.39 is 0 Å². The second kappa shape index (κ2) is 7.45. The highest BCUT2D eigenvalue weighted by Crippen LogP contribution is 2.40. The first kappa shape index (κ1) is 15.1. The summed E-state index contributed by atoms with van der Waals surface area (Å²) >= 11 is 0. The number of carbonyl (C=O) groups excluding carboxylic acids is 1. The number of hydrogen-bond acceptors (Lipinski definition) is 1. The molecule has 0 aromatic heterocycles. The van der Waals surface area contributed by atoms with Crippen molar-refractivity contribution >= 4 is 5.78 Å². The van der Waals surface area contributed by atoms with Crippen molar-refractivity contribution in [2.45, 2.75) is 84.5 Å². The molecule has 2 aliphatic rings. The van der Waals surface area contributed by atoms with Crippen molar-refractivity contribution in [3.05, 3.63) is 0 Å². The molecule has 0 radical (unpaired) electrons. The largest absolute Gasteiger partial charge is 0.300 e. The van der Waals surface area contributed by atoms with E-state index in [9.17, 15) is 4.79 Å². The standard InChI is InChI=1S/C18H32O/c1-14(2)4-3-5-15-6-8-16(9-7-15)17-10-12-18(19)13-11-17/h14-17H,3-13H2,1-2H3. The summed E-state index contributed by atoms with van der Waals surface area (Å²) in [6.45, 7) is 4.67. The highest BCUT2D eigenvalue weighted by Gasteiger charge is 2.29. The molecule has 1 heteroatoms. The third-order valence-corrected chi connectivity index (χ3v) is 5.54. The molecule has 2 aliphatic carbocycles. The van der Waals surface area contributed by atoms with Crippen molar-refractivity contribution in [2.75, 3.05) is 0 Å². The Hall–Kier alpha value is -0.330. The van der Waals surface area contributed by atoms with Gasteiger partial charge in [-0.25, -0.2) is 0 Å². The van der Waals surface area contributed by atoms with E-state index in [0.29, 0.717) is 5.78 Å². The molecule has 0 saturated heterocycles. The van der Waals surface area contributed by atoms with Crippen molar-refractivity contribution in [1.82, 2.24) is 0 Å². The van der Waals surface area contributed by atoms with Gasteiger partial charge in [-0.2, -0.15) is 0 Å². The van der Waals surface area contributed by atoms with E-state index in [2.05, 4.69) is 13.8 Å². The Morgan fingerprint density at radius 3 is 2.11 bits per heavy atom. The predicted octanol–water partition coefficient (Wildman–Crippen LogP) is 5.38. The molecule has 0 atom stereocenters. The second-order valence-corrected chi connectivity index (χ2v) is 7.48. The lowest BCUT2D eigenvalue weighted by Crippen LogP contribution is -2.25. The van der Waals surface area contributed by atoms with Crippen molar-refractivity contribution < 1.29 is 4.79 Å². The monoisotopic (exact) mass is 264 g/mol. The molecular formula is C18H32O. The van der Waals surface area contributed by atoms with Crippen molar-refractivity contribution in [2.24, 2.45) is 23.7 Å². The molecule has 0 bridgehead atoms. The van der Waals surface area contributed by atoms with Crippen LogP contribution in [-0.2, 0) is 4.79 Å². The summed E-state index contributed by atoms with van der Waals surface area (Å²) in [6.07, 6.45) is 14.3. The van der Waals surface area contributed by atoms with Gasteiger partial charge in [-0.15, -0.1) is 0 Å². The minimum absolute atomic E-state index is 0.513. The zero-order valence-electron chi connectivity index (χ0n) is 13.0. The lowest BCUT2D eigenvalue weighted by molar-refractivity contribution is -0.121. The maximum absolute atomic E-state index is 11.3. The first-order valence-electron chi connectivity index (χ1n) is 8.67. The number of hydrogen-bond donors (Lipinski definition) is 0. The molecule has 0 aromatic rings. The van der Waals surface area contributed by atoms with E-state index in [1.165, 1.54) is 57.8 Å². The average Bonchev–Trinajstić information content (AvgIpc) is 2.40. The van der Waals surface area contributed by atoms with Crippen LogP contribution in [0, 0.1) is 23.7 Å². The fraction of sp³-hybridized carbons (Fsp3) is 0.944. The average molecular weight is 264 g/mol. The van der Waals surface area contributed by atoms with Crippen LogP contribution in [0.2, 0.25) is 0 Å². The third-order valence-electron chi connectivity index (χ3n) is 5.54. The molecule has 19 heavy (non-hydrogen) atoms. The van der Waals surface area contributed by atoms with Gasteiger partial charge in [0.2, 0.25) is 0 Å². The van der Waals surface area contributed by atoms with E-state index in [-0.39, 0.29) is 0 Å². The Morgan fingerprint density at radius 2 is 1.53 bits per heavy atom. The van der Waals surface area contributed by atoms with Crippen LogP contribution in [0.5, 0.6) is 0 Å². The van der Waals surface area contributed by atoms with Crippen molar-refractivity contribution in [3.63, 3.8) is 0 Å². The quantitative estimate of drug-likeness (QED) is 0.651. The van der Waals surface area contributed by atoms with Crippen molar-refractivity contribution in [3.8, 4) is 0 Å². The highest BCUT2D eigenvalue weighted by molar-refractivity contribution is 5.79. The van der Waals surface area contributed by atoms with Gasteiger partial charge in [0, 0.05) is 12.8 Å². The Labute approximate surface area is 119 Å². The summed E-state index contributed by atoms with van der Waals surface area (Å²) in [5.41, 5.74) is 0. The molecule has 0 aromatic carbocycles. The lowest BCUT2D eigenvalue weighted by atomic mass is 9.70. The van der Waals surface area contributed by atoms with Crippen LogP contribution in [0.15, 0.2) is 0 Å². The molecule has 2 saturated carbocycles. The number of rotatable bonds is 5. The van der Waals surface area contributed by atoms with E-state index in [0.717, 1.165) is 36.5 Å². The minimum atomic E-state index is 0.513. The molecule has 0 aliphatic heterocycles. The summed E-state index contributed by atoms with van der Waals surface area (Å²) in [5.74, 6) is 4.23. The topological polar surface area (TPSA) is 17.1 Å². The minimum Gasteiger partial charge on any atom is -0.300 e. The van der Waals surface area contributed by atoms with Crippen LogP contribution in [0.3, 0.4) is 0 Å². The van der Waals surface area contributed by atoms with Gasteiger partial charge in [0.05, 0.1) is 0 Å². The molecule has 0 N–H and O–H groups in total. The van der Waals surface area contributed by atoms with Crippen LogP contribution in [0.1, 0.15) is 84.5 Å². The highest BCUT2D eigenvalue weighted by atomic mass is 16.1. The van der Waals surface area contributed by atoms with Gasteiger partial charge in [0.1, 0.15) is 5.78 Å². The Kier molecular flexibility index (Phi) is 5.91. The summed E-state index contributed by atoms with van der Waals surface area (Å²) in [5, 5.41) is 0. The van der Waals surface area contributed by atoms with Crippen LogP contribution >= 0.6 is 0 Å². The molecule has 0 amide bonds. The fourth-order valence-electron chi connectivity index (χ4n) is 4.20. The van der Waals surface area contributed by atoms with Gasteiger partial charge < -0.3 is 0 Å². The Bertz CT molecular complexity index is 263.